The van der Waals surface area contributed by atoms with Crippen LogP contribution in [0, 0.1) is 0 Å². The van der Waals surface area contributed by atoms with Gasteiger partial charge in [-0.15, -0.1) is 11.3 Å². The van der Waals surface area contributed by atoms with Crippen molar-refractivity contribution in [1.29, 1.82) is 0 Å². The summed E-state index contributed by atoms with van der Waals surface area (Å²) in [4.78, 5) is 13.5. The Hall–Kier alpha value is -2.41. The van der Waals surface area contributed by atoms with Crippen molar-refractivity contribution >= 4 is 33.3 Å². The van der Waals surface area contributed by atoms with Crippen molar-refractivity contribution in [2.75, 3.05) is 17.7 Å². The minimum absolute atomic E-state index is 0.0636. The maximum atomic E-state index is 5.69. The van der Waals surface area contributed by atoms with E-state index in [2.05, 4.69) is 45.4 Å². The fraction of sp³-hybridized carbons (Fsp3) is 0.267. The Balaban J connectivity index is 1.82. The Bertz CT molecular complexity index is 755. The molecule has 0 aliphatic rings. The van der Waals surface area contributed by atoms with Crippen LogP contribution in [0.2, 0.25) is 0 Å². The summed E-state index contributed by atoms with van der Waals surface area (Å²) >= 11 is 1.75. The van der Waals surface area contributed by atoms with Crippen LogP contribution in [0.4, 0.5) is 11.9 Å². The molecule has 1 aromatic carbocycles. The number of aromatic nitrogens is 3. The molecule has 22 heavy (non-hydrogen) atoms. The fourth-order valence-corrected chi connectivity index (χ4v) is 3.18. The number of fused-ring (bicyclic) bond motifs is 1. The molecule has 0 saturated carbocycles. The smallest absolute Gasteiger partial charge is 0.323 e. The van der Waals surface area contributed by atoms with Crippen LogP contribution in [0.1, 0.15) is 24.8 Å². The highest BCUT2D eigenvalue weighted by atomic mass is 32.1. The van der Waals surface area contributed by atoms with Gasteiger partial charge < -0.3 is 15.8 Å². The molecule has 0 amide bonds. The van der Waals surface area contributed by atoms with Crippen molar-refractivity contribution < 1.29 is 4.74 Å². The molecule has 1 atom stereocenters. The number of nitrogens with zero attached hydrogens (tertiary/aromatic N) is 3. The van der Waals surface area contributed by atoms with Gasteiger partial charge in [0.05, 0.1) is 12.6 Å². The maximum absolute atomic E-state index is 5.69. The molecule has 1 unspecified atom stereocenters. The fourth-order valence-electron chi connectivity index (χ4n) is 2.11. The van der Waals surface area contributed by atoms with Crippen molar-refractivity contribution in [3.05, 3.63) is 35.2 Å². The average Bonchev–Trinajstić information content (AvgIpc) is 2.91. The molecule has 6 nitrogen and oxygen atoms in total. The van der Waals surface area contributed by atoms with Gasteiger partial charge >= 0.3 is 6.01 Å². The normalized spacial score (nSPS) is 12.3. The molecule has 0 spiro atoms. The van der Waals surface area contributed by atoms with Crippen LogP contribution < -0.4 is 15.8 Å². The lowest BCUT2D eigenvalue weighted by Crippen LogP contribution is -2.11. The van der Waals surface area contributed by atoms with E-state index < -0.39 is 0 Å². The van der Waals surface area contributed by atoms with Gasteiger partial charge in [0.15, 0.2) is 0 Å². The maximum Gasteiger partial charge on any atom is 0.323 e. The lowest BCUT2D eigenvalue weighted by atomic mass is 10.2. The van der Waals surface area contributed by atoms with Crippen LogP contribution in [-0.4, -0.2) is 21.6 Å². The average molecular weight is 315 g/mol. The van der Waals surface area contributed by atoms with Gasteiger partial charge in [-0.3, -0.25) is 0 Å². The third-order valence-electron chi connectivity index (χ3n) is 3.12. The molecular weight excluding hydrogens is 298 g/mol. The second kappa shape index (κ2) is 6.15. The summed E-state index contributed by atoms with van der Waals surface area (Å²) in [6, 6.07) is 10.8. The molecular formula is C15H17N5OS. The molecule has 3 rings (SSSR count). The van der Waals surface area contributed by atoms with E-state index in [1.807, 2.05) is 19.1 Å². The van der Waals surface area contributed by atoms with Crippen molar-refractivity contribution in [3.8, 4) is 6.01 Å². The van der Waals surface area contributed by atoms with Gasteiger partial charge in [-0.2, -0.15) is 15.0 Å². The molecule has 0 aliphatic heterocycles. The number of ether oxygens (including phenoxy) is 1. The van der Waals surface area contributed by atoms with Crippen LogP contribution in [-0.2, 0) is 0 Å². The summed E-state index contributed by atoms with van der Waals surface area (Å²) in [5, 5.41) is 4.48. The Morgan fingerprint density at radius 1 is 1.27 bits per heavy atom. The minimum atomic E-state index is 0.0636. The van der Waals surface area contributed by atoms with Gasteiger partial charge in [0.1, 0.15) is 0 Å². The first kappa shape index (κ1) is 14.5. The summed E-state index contributed by atoms with van der Waals surface area (Å²) in [7, 11) is 0. The lowest BCUT2D eigenvalue weighted by molar-refractivity contribution is 0.312. The number of benzene rings is 1. The predicted octanol–water partition coefficient (Wildman–Crippen LogP) is 3.24. The van der Waals surface area contributed by atoms with Crippen LogP contribution >= 0.6 is 11.3 Å². The van der Waals surface area contributed by atoms with Crippen LogP contribution in [0.15, 0.2) is 30.3 Å². The van der Waals surface area contributed by atoms with E-state index in [0.29, 0.717) is 12.6 Å². The first-order chi connectivity index (χ1) is 10.7. The largest absolute Gasteiger partial charge is 0.464 e. The van der Waals surface area contributed by atoms with Crippen LogP contribution in [0.25, 0.3) is 10.1 Å². The number of nitrogens with one attached hydrogen (secondary N) is 1. The molecule has 7 heteroatoms. The van der Waals surface area contributed by atoms with E-state index in [9.17, 15) is 0 Å². The van der Waals surface area contributed by atoms with E-state index >= 15 is 0 Å². The van der Waals surface area contributed by atoms with E-state index in [0.717, 1.165) is 0 Å². The zero-order valence-corrected chi connectivity index (χ0v) is 13.2. The van der Waals surface area contributed by atoms with Crippen molar-refractivity contribution in [3.63, 3.8) is 0 Å². The summed E-state index contributed by atoms with van der Waals surface area (Å²) in [6.45, 7) is 4.41. The van der Waals surface area contributed by atoms with Crippen molar-refractivity contribution in [1.82, 2.24) is 15.0 Å². The Morgan fingerprint density at radius 2 is 2.09 bits per heavy atom. The Morgan fingerprint density at radius 3 is 2.86 bits per heavy atom. The molecule has 3 aromatic rings. The van der Waals surface area contributed by atoms with Gasteiger partial charge in [-0.25, -0.2) is 0 Å². The Labute approximate surface area is 132 Å². The summed E-state index contributed by atoms with van der Waals surface area (Å²) in [6.07, 6.45) is 0. The van der Waals surface area contributed by atoms with Gasteiger partial charge in [-0.05, 0) is 31.4 Å². The zero-order chi connectivity index (χ0) is 15.5. The zero-order valence-electron chi connectivity index (χ0n) is 12.4. The molecule has 0 radical (unpaired) electrons. The number of nitrogens with two attached hydrogens (primary N) is 1. The SMILES string of the molecule is CCOc1nc(N)nc(NC(C)c2cc3ccccc3s2)n1. The quantitative estimate of drug-likeness (QED) is 0.751. The van der Waals surface area contributed by atoms with Gasteiger partial charge in [-0.1, -0.05) is 18.2 Å². The first-order valence-electron chi connectivity index (χ1n) is 7.05. The van der Waals surface area contributed by atoms with Crippen molar-refractivity contribution in [2.24, 2.45) is 0 Å². The van der Waals surface area contributed by atoms with E-state index in [1.165, 1.54) is 15.0 Å². The van der Waals surface area contributed by atoms with E-state index in [1.54, 1.807) is 11.3 Å². The minimum Gasteiger partial charge on any atom is -0.464 e. The molecule has 0 saturated heterocycles. The first-order valence-corrected chi connectivity index (χ1v) is 7.86. The second-order valence-corrected chi connectivity index (χ2v) is 5.90. The van der Waals surface area contributed by atoms with Gasteiger partial charge in [0.2, 0.25) is 11.9 Å². The van der Waals surface area contributed by atoms with E-state index in [4.69, 9.17) is 10.5 Å². The molecule has 2 aromatic heterocycles. The predicted molar refractivity (Wildman–Crippen MR) is 89.3 cm³/mol. The summed E-state index contributed by atoms with van der Waals surface area (Å²) in [5.41, 5.74) is 5.69. The number of hydrogen-bond acceptors (Lipinski definition) is 7. The number of nitrogen functional groups attached to an aromatic ring is 1. The third-order valence-corrected chi connectivity index (χ3v) is 4.42. The number of anilines is 2. The highest BCUT2D eigenvalue weighted by molar-refractivity contribution is 7.19. The highest BCUT2D eigenvalue weighted by Gasteiger charge is 2.12. The van der Waals surface area contributed by atoms with Crippen molar-refractivity contribution in [2.45, 2.75) is 19.9 Å². The number of thiophene rings is 1. The van der Waals surface area contributed by atoms with E-state index in [-0.39, 0.29) is 18.0 Å². The third kappa shape index (κ3) is 3.09. The molecule has 3 N–H and O–H groups in total. The lowest BCUT2D eigenvalue weighted by Gasteiger charge is -2.12. The van der Waals surface area contributed by atoms with Gasteiger partial charge in [0.25, 0.3) is 0 Å². The Kier molecular flexibility index (Phi) is 4.06. The molecule has 0 bridgehead atoms. The van der Waals surface area contributed by atoms with Crippen LogP contribution in [0.3, 0.4) is 0 Å². The van der Waals surface area contributed by atoms with Gasteiger partial charge in [0, 0.05) is 9.58 Å². The molecule has 0 aliphatic carbocycles. The second-order valence-electron chi connectivity index (χ2n) is 4.79. The summed E-state index contributed by atoms with van der Waals surface area (Å²) in [5.74, 6) is 0.561. The molecule has 0 fully saturated rings. The molecule has 2 heterocycles. The number of rotatable bonds is 5. The van der Waals surface area contributed by atoms with Crippen LogP contribution in [0.5, 0.6) is 6.01 Å². The summed E-state index contributed by atoms with van der Waals surface area (Å²) < 4.78 is 6.54. The molecule has 114 valence electrons. The monoisotopic (exact) mass is 315 g/mol. The topological polar surface area (TPSA) is 86.0 Å². The highest BCUT2D eigenvalue weighted by Crippen LogP contribution is 2.31. The number of hydrogen-bond donors (Lipinski definition) is 2. The standard InChI is InChI=1S/C15H17N5OS/c1-3-21-15-19-13(16)18-14(20-15)17-9(2)12-8-10-6-4-5-7-11(10)22-12/h4-9H,3H2,1-2H3,(H3,16,17,18,19,20).